The van der Waals surface area contributed by atoms with E-state index in [0.29, 0.717) is 0 Å². The van der Waals surface area contributed by atoms with Gasteiger partial charge in [0.25, 0.3) is 6.71 Å². The van der Waals surface area contributed by atoms with E-state index in [1.807, 2.05) is 0 Å². The molecule has 3 heterocycles. The third-order valence-electron chi connectivity index (χ3n) is 20.0. The number of hydrogen-bond donors (Lipinski definition) is 0. The minimum absolute atomic E-state index is 0.0141. The van der Waals surface area contributed by atoms with Crippen LogP contribution in [-0.4, -0.2) is 14.8 Å². The molecule has 388 valence electrons. The largest absolute Gasteiger partial charge is 0.468 e. The first-order valence-corrected chi connectivity index (χ1v) is 32.2. The van der Waals surface area contributed by atoms with Crippen LogP contribution in [0, 0.1) is 6.92 Å². The summed E-state index contributed by atoms with van der Waals surface area (Å²) in [5, 5.41) is 2.71. The average Bonchev–Trinajstić information content (AvgIpc) is 3.71. The molecule has 5 heteroatoms. The fourth-order valence-corrected chi connectivity index (χ4v) is 15.7. The van der Waals surface area contributed by atoms with Crippen LogP contribution in [0.3, 0.4) is 0 Å². The van der Waals surface area contributed by atoms with Crippen molar-refractivity contribution in [3.8, 4) is 11.1 Å². The number of aryl methyl sites for hydroxylation is 1. The predicted molar refractivity (Wildman–Crippen MR) is 328 cm³/mol. The molecule has 3 nitrogen and oxygen atoms in total. The molecule has 0 amide bonds. The lowest BCUT2D eigenvalue weighted by Crippen LogP contribution is -2.61. The molecule has 2 aliphatic heterocycles. The zero-order valence-electron chi connectivity index (χ0n) is 49.4. The second kappa shape index (κ2) is 15.9. The number of furan rings is 1. The first-order chi connectivity index (χ1) is 34.8. The maximum atomic E-state index is 7.76. The molecule has 0 unspecified atom stereocenters. The van der Waals surface area contributed by atoms with Crippen molar-refractivity contribution in [1.82, 2.24) is 0 Å². The van der Waals surface area contributed by atoms with Gasteiger partial charge in [0.05, 0.1) is 25.1 Å². The molecule has 5 aliphatic rings. The molecule has 0 saturated heterocycles. The van der Waals surface area contributed by atoms with Gasteiger partial charge in [0, 0.05) is 33.7 Å². The molecule has 75 heavy (non-hydrogen) atoms. The van der Waals surface area contributed by atoms with Crippen molar-refractivity contribution in [2.75, 3.05) is 9.80 Å². The Labute approximate surface area is 453 Å². The molecule has 3 aliphatic carbocycles. The van der Waals surface area contributed by atoms with Crippen LogP contribution in [0.25, 0.3) is 22.1 Å². The normalized spacial score (nSPS) is 20.2. The van der Waals surface area contributed by atoms with Gasteiger partial charge in [-0.1, -0.05) is 171 Å². The molecule has 0 atom stereocenters. The summed E-state index contributed by atoms with van der Waals surface area (Å²) in [5.74, 6) is 0. The minimum atomic E-state index is -1.55. The SMILES string of the molecule is Cc1cc2c3c(c1)N(c1ccc4c(c1)C(C)(C)CCC4(C)C)c1c(oc4cc5c(cc14)C(C)(C)CCC5(C)C)B3c1cc(C(C)(C)C)ccc1N2c1cc2c(cc1-c1ccc([Si](C)(C)C)cc1)C(C)(C)CCC2(C)C. The Morgan fingerprint density at radius 3 is 1.56 bits per heavy atom. The highest BCUT2D eigenvalue weighted by Crippen LogP contribution is 2.56. The molecule has 7 aromatic rings. The van der Waals surface area contributed by atoms with Crippen molar-refractivity contribution >= 4 is 81.7 Å². The Kier molecular flexibility index (Phi) is 10.7. The van der Waals surface area contributed by atoms with Gasteiger partial charge in [-0.25, -0.2) is 0 Å². The third kappa shape index (κ3) is 7.68. The molecular weight excluding hydrogens is 924 g/mol. The first kappa shape index (κ1) is 50.6. The summed E-state index contributed by atoms with van der Waals surface area (Å²) in [4.78, 5) is 5.37. The van der Waals surface area contributed by atoms with Crippen LogP contribution in [0.15, 0.2) is 101 Å². The Hall–Kier alpha value is -5.26. The molecule has 0 spiro atoms. The molecule has 0 bridgehead atoms. The Morgan fingerprint density at radius 1 is 0.493 bits per heavy atom. The van der Waals surface area contributed by atoms with Crippen LogP contribution in [0.4, 0.5) is 34.1 Å². The molecule has 12 rings (SSSR count). The van der Waals surface area contributed by atoms with Crippen LogP contribution in [0.1, 0.15) is 187 Å². The van der Waals surface area contributed by atoms with Crippen molar-refractivity contribution in [3.05, 3.63) is 142 Å². The van der Waals surface area contributed by atoms with E-state index in [1.165, 1.54) is 124 Å². The summed E-state index contributed by atoms with van der Waals surface area (Å²) in [5.41, 5.74) is 26.3. The molecule has 0 saturated carbocycles. The van der Waals surface area contributed by atoms with E-state index in [9.17, 15) is 0 Å². The smallest absolute Gasteiger partial charge is 0.297 e. The second-order valence-electron chi connectivity index (χ2n) is 30.3. The van der Waals surface area contributed by atoms with Gasteiger partial charge in [-0.15, -0.1) is 0 Å². The van der Waals surface area contributed by atoms with E-state index in [0.717, 1.165) is 36.9 Å². The van der Waals surface area contributed by atoms with E-state index in [1.54, 1.807) is 0 Å². The van der Waals surface area contributed by atoms with Crippen LogP contribution in [-0.2, 0) is 37.9 Å². The quantitative estimate of drug-likeness (QED) is 0.164. The Bertz CT molecular complexity index is 3550. The molecule has 0 N–H and O–H groups in total. The van der Waals surface area contributed by atoms with Crippen LogP contribution in [0.5, 0.6) is 0 Å². The summed E-state index contributed by atoms with van der Waals surface area (Å²) in [6, 6.07) is 40.1. The van der Waals surface area contributed by atoms with Crippen molar-refractivity contribution in [3.63, 3.8) is 0 Å². The number of rotatable bonds is 4. The van der Waals surface area contributed by atoms with Gasteiger partial charge in [0.2, 0.25) is 0 Å². The number of fused-ring (bicyclic) bond motifs is 9. The number of anilines is 6. The monoisotopic (exact) mass is 1010 g/mol. The lowest BCUT2D eigenvalue weighted by atomic mass is 9.35. The zero-order chi connectivity index (χ0) is 53.7. The van der Waals surface area contributed by atoms with Gasteiger partial charge in [0.15, 0.2) is 0 Å². The van der Waals surface area contributed by atoms with Crippen molar-refractivity contribution in [2.24, 2.45) is 0 Å². The van der Waals surface area contributed by atoms with Gasteiger partial charge < -0.3 is 14.2 Å². The van der Waals surface area contributed by atoms with E-state index in [4.69, 9.17) is 4.42 Å². The first-order valence-electron chi connectivity index (χ1n) is 28.7. The minimum Gasteiger partial charge on any atom is -0.468 e. The number of benzene rings is 6. The van der Waals surface area contributed by atoms with Crippen molar-refractivity contribution in [2.45, 2.75) is 207 Å². The van der Waals surface area contributed by atoms with E-state index in [2.05, 4.69) is 237 Å². The zero-order valence-corrected chi connectivity index (χ0v) is 50.4. The number of hydrogen-bond acceptors (Lipinski definition) is 3. The van der Waals surface area contributed by atoms with Gasteiger partial charge in [-0.3, -0.25) is 0 Å². The maximum Gasteiger partial charge on any atom is 0.297 e. The summed E-state index contributed by atoms with van der Waals surface area (Å²) < 4.78 is 7.76. The molecular formula is C70H85BN2OSi. The van der Waals surface area contributed by atoms with Crippen molar-refractivity contribution in [1.29, 1.82) is 0 Å². The van der Waals surface area contributed by atoms with E-state index in [-0.39, 0.29) is 44.6 Å². The van der Waals surface area contributed by atoms with Crippen LogP contribution < -0.4 is 31.6 Å². The van der Waals surface area contributed by atoms with Crippen LogP contribution >= 0.6 is 0 Å². The van der Waals surface area contributed by atoms with E-state index >= 15 is 0 Å². The lowest BCUT2D eigenvalue weighted by molar-refractivity contribution is 0.332. The van der Waals surface area contributed by atoms with Gasteiger partial charge >= 0.3 is 0 Å². The summed E-state index contributed by atoms with van der Waals surface area (Å²) in [7, 11) is -1.55. The van der Waals surface area contributed by atoms with E-state index < -0.39 is 8.07 Å². The third-order valence-corrected chi connectivity index (χ3v) is 22.1. The fourth-order valence-electron chi connectivity index (χ4n) is 14.6. The highest BCUT2D eigenvalue weighted by atomic mass is 28.3. The average molecular weight is 1010 g/mol. The fraction of sp³-hybridized carbons (Fsp3) is 0.457. The highest BCUT2D eigenvalue weighted by molar-refractivity contribution is 7.00. The molecule has 1 aromatic heterocycles. The standard InChI is InChI=1S/C70H85BN2OSi/c1-42-34-58-61-59(35-42)73(57-40-53-51(67(9,10)30-32-69(53,13)14)38-47(57)43-20-24-46(25-21-43)75(17,18)19)56-27-22-44(64(2,3)4)36-55(56)71(61)63-62(48-39-52-54(41-60(48)74-63)70(15,16)33-31-68(52,11)12)72(58)45-23-26-49-50(37-45)66(7,8)29-28-65(49,5)6/h20-27,34-41H,28-33H2,1-19H3. The molecule has 0 radical (unpaired) electrons. The maximum absolute atomic E-state index is 7.76. The second-order valence-corrected chi connectivity index (χ2v) is 35.4. The molecule has 0 fully saturated rings. The van der Waals surface area contributed by atoms with Gasteiger partial charge in [-0.2, -0.15) is 0 Å². The molecule has 6 aromatic carbocycles. The Morgan fingerprint density at radius 2 is 1.00 bits per heavy atom. The Balaban J connectivity index is 1.22. The number of nitrogens with zero attached hydrogens (tertiary/aromatic N) is 2. The summed E-state index contributed by atoms with van der Waals surface area (Å²) in [6.45, 7) is 46.3. The van der Waals surface area contributed by atoms with Crippen molar-refractivity contribution < 1.29 is 4.42 Å². The lowest BCUT2D eigenvalue weighted by Gasteiger charge is -2.46. The summed E-state index contributed by atoms with van der Waals surface area (Å²) >= 11 is 0. The highest BCUT2D eigenvalue weighted by Gasteiger charge is 2.50. The van der Waals surface area contributed by atoms with Crippen LogP contribution in [0.2, 0.25) is 19.6 Å². The van der Waals surface area contributed by atoms with Gasteiger partial charge in [-0.05, 0) is 199 Å². The topological polar surface area (TPSA) is 19.6 Å². The predicted octanol–water partition coefficient (Wildman–Crippen LogP) is 17.4. The van der Waals surface area contributed by atoms with Gasteiger partial charge in [0.1, 0.15) is 5.58 Å². The summed E-state index contributed by atoms with van der Waals surface area (Å²) in [6.07, 6.45) is 6.98.